The molecule has 6 nitrogen and oxygen atoms in total. The van der Waals surface area contributed by atoms with Crippen LogP contribution in [-0.4, -0.2) is 11.9 Å². The molecule has 0 aromatic heterocycles. The van der Waals surface area contributed by atoms with Gasteiger partial charge in [0.1, 0.15) is 19.4 Å². The Morgan fingerprint density at radius 2 is 1.35 bits per heavy atom. The number of hydroxylamine groups is 2. The molecule has 3 aromatic rings. The summed E-state index contributed by atoms with van der Waals surface area (Å²) in [6.45, 7) is 0.761. The Bertz CT molecular complexity index is 1260. The van der Waals surface area contributed by atoms with Crippen molar-refractivity contribution in [2.45, 2.75) is 13.1 Å². The van der Waals surface area contributed by atoms with Gasteiger partial charge in [-0.3, -0.25) is 0 Å². The molecule has 0 saturated carbocycles. The van der Waals surface area contributed by atoms with E-state index in [-0.39, 0.29) is 0 Å². The molecule has 0 fully saturated rings. The number of nitrogens with one attached hydrogen (secondary N) is 2. The van der Waals surface area contributed by atoms with Gasteiger partial charge in [-0.1, -0.05) is 54.6 Å². The minimum absolute atomic E-state index is 0.380. The van der Waals surface area contributed by atoms with Gasteiger partial charge in [0, 0.05) is 24.3 Å². The van der Waals surface area contributed by atoms with Gasteiger partial charge in [0.2, 0.25) is 0 Å². The third kappa shape index (κ3) is 6.16. The molecule has 0 spiro atoms. The van der Waals surface area contributed by atoms with E-state index in [0.29, 0.717) is 13.1 Å². The average molecular weight is 453 g/mol. The first-order chi connectivity index (χ1) is 16.7. The van der Waals surface area contributed by atoms with E-state index in [4.69, 9.17) is 9.68 Å². The molecule has 0 unspecified atom stereocenters. The molecule has 2 N–H and O–H groups in total. The smallest absolute Gasteiger partial charge is 0.349 e. The molecule has 34 heavy (non-hydrogen) atoms. The van der Waals surface area contributed by atoms with E-state index in [1.54, 1.807) is 0 Å². The predicted molar refractivity (Wildman–Crippen MR) is 130 cm³/mol. The molecule has 0 bridgehead atoms. The van der Waals surface area contributed by atoms with E-state index in [0.717, 1.165) is 33.0 Å². The summed E-state index contributed by atoms with van der Waals surface area (Å²) in [7, 11) is 0. The van der Waals surface area contributed by atoms with Gasteiger partial charge in [0.05, 0.1) is 30.3 Å². The van der Waals surface area contributed by atoms with Gasteiger partial charge >= 0.3 is 11.9 Å². The molecule has 0 heterocycles. The molecule has 168 valence electrons. The van der Waals surface area contributed by atoms with E-state index in [1.807, 2.05) is 85.7 Å². The summed E-state index contributed by atoms with van der Waals surface area (Å²) in [5, 5.41) is 2.22. The molecule has 0 saturated heterocycles. The van der Waals surface area contributed by atoms with Gasteiger partial charge in [-0.15, -0.1) is 11.0 Å². The van der Waals surface area contributed by atoms with Crippen LogP contribution in [0, 0.1) is 12.8 Å². The van der Waals surface area contributed by atoms with Crippen LogP contribution >= 0.6 is 0 Å². The maximum atomic E-state index is 11.8. The Hall–Kier alpha value is -4.26. The summed E-state index contributed by atoms with van der Waals surface area (Å²) in [5.41, 5.74) is 9.61. The molecule has 3 aromatic carbocycles. The highest BCUT2D eigenvalue weighted by atomic mass is 16.7. The lowest BCUT2D eigenvalue weighted by Crippen LogP contribution is -2.19. The first kappa shape index (κ1) is 22.9. The molecule has 1 aliphatic rings. The van der Waals surface area contributed by atoms with Crippen molar-refractivity contribution < 1.29 is 19.3 Å². The fourth-order valence-electron chi connectivity index (χ4n) is 3.60. The Balaban J connectivity index is 1.16. The van der Waals surface area contributed by atoms with E-state index in [2.05, 4.69) is 11.0 Å². The van der Waals surface area contributed by atoms with Crippen molar-refractivity contribution >= 4 is 22.7 Å². The lowest BCUT2D eigenvalue weighted by atomic mass is 9.92. The zero-order chi connectivity index (χ0) is 23.6. The van der Waals surface area contributed by atoms with Crippen LogP contribution < -0.4 is 11.0 Å². The van der Waals surface area contributed by atoms with E-state index < -0.39 is 11.9 Å². The molecular weight excluding hydrogens is 428 g/mol. The fraction of sp³-hybridized carbons (Fsp3) is 0.0714. The SMILES string of the molecule is O=C(/C=C/C=C/C(=O)ONCc1cccc2ccccc12)ONCc1cccc2c1[CH+]C=C[CH+]2. The van der Waals surface area contributed by atoms with E-state index in [9.17, 15) is 9.59 Å². The van der Waals surface area contributed by atoms with Crippen molar-refractivity contribution in [2.24, 2.45) is 0 Å². The molecule has 0 amide bonds. The first-order valence-corrected chi connectivity index (χ1v) is 10.9. The summed E-state index contributed by atoms with van der Waals surface area (Å²) < 4.78 is 0. The van der Waals surface area contributed by atoms with Gasteiger partial charge in [-0.25, -0.2) is 9.59 Å². The summed E-state index contributed by atoms with van der Waals surface area (Å²) in [4.78, 5) is 33.7. The molecular formula is C28H24N2O4+2. The highest BCUT2D eigenvalue weighted by Gasteiger charge is 2.24. The zero-order valence-corrected chi connectivity index (χ0v) is 18.4. The summed E-state index contributed by atoms with van der Waals surface area (Å²) in [6, 6.07) is 19.9. The topological polar surface area (TPSA) is 76.7 Å². The first-order valence-electron chi connectivity index (χ1n) is 10.9. The average Bonchev–Trinajstić information content (AvgIpc) is 2.87. The Kier molecular flexibility index (Phi) is 7.79. The number of hydrogen-bond acceptors (Lipinski definition) is 6. The molecule has 6 heteroatoms. The highest BCUT2D eigenvalue weighted by molar-refractivity contribution is 5.86. The fourth-order valence-corrected chi connectivity index (χ4v) is 3.60. The third-order valence-electron chi connectivity index (χ3n) is 5.21. The number of benzene rings is 3. The highest BCUT2D eigenvalue weighted by Crippen LogP contribution is 2.23. The zero-order valence-electron chi connectivity index (χ0n) is 18.4. The largest absolute Gasteiger partial charge is 0.367 e. The molecule has 0 radical (unpaired) electrons. The van der Waals surface area contributed by atoms with Crippen molar-refractivity contribution in [1.82, 2.24) is 11.0 Å². The van der Waals surface area contributed by atoms with Crippen molar-refractivity contribution in [1.29, 1.82) is 0 Å². The van der Waals surface area contributed by atoms with Crippen LogP contribution in [0.15, 0.2) is 97.1 Å². The Labute approximate surface area is 198 Å². The van der Waals surface area contributed by atoms with Crippen molar-refractivity contribution in [3.8, 4) is 0 Å². The van der Waals surface area contributed by atoms with Crippen LogP contribution in [0.25, 0.3) is 10.8 Å². The monoisotopic (exact) mass is 452 g/mol. The van der Waals surface area contributed by atoms with Crippen molar-refractivity contribution in [3.63, 3.8) is 0 Å². The van der Waals surface area contributed by atoms with Crippen LogP contribution in [0.5, 0.6) is 0 Å². The minimum atomic E-state index is -0.577. The summed E-state index contributed by atoms with van der Waals surface area (Å²) >= 11 is 0. The van der Waals surface area contributed by atoms with Crippen LogP contribution in [0.3, 0.4) is 0 Å². The number of allylic oxidation sites excluding steroid dienone is 4. The van der Waals surface area contributed by atoms with Gasteiger partial charge < -0.3 is 9.68 Å². The number of fused-ring (bicyclic) bond motifs is 2. The number of hydrogen-bond donors (Lipinski definition) is 2. The van der Waals surface area contributed by atoms with Gasteiger partial charge in [0.25, 0.3) is 0 Å². The lowest BCUT2D eigenvalue weighted by Gasteiger charge is -2.07. The Morgan fingerprint density at radius 1 is 0.735 bits per heavy atom. The summed E-state index contributed by atoms with van der Waals surface area (Å²) in [5.74, 6) is -1.15. The molecule has 0 atom stereocenters. The second-order valence-corrected chi connectivity index (χ2v) is 7.48. The summed E-state index contributed by atoms with van der Waals surface area (Å²) in [6.07, 6.45) is 13.2. The number of rotatable bonds is 9. The number of carbonyl (C=O) groups excluding carboxylic acids is 2. The van der Waals surface area contributed by atoms with Crippen molar-refractivity contribution in [2.75, 3.05) is 0 Å². The van der Waals surface area contributed by atoms with Crippen molar-refractivity contribution in [3.05, 3.63) is 132 Å². The molecule has 4 rings (SSSR count). The van der Waals surface area contributed by atoms with Gasteiger partial charge in [0.15, 0.2) is 11.1 Å². The maximum Gasteiger partial charge on any atom is 0.349 e. The van der Waals surface area contributed by atoms with Crippen LogP contribution in [0.2, 0.25) is 0 Å². The quantitative estimate of drug-likeness (QED) is 0.217. The second kappa shape index (κ2) is 11.6. The van der Waals surface area contributed by atoms with Crippen LogP contribution in [0.1, 0.15) is 22.3 Å². The van der Waals surface area contributed by atoms with Crippen LogP contribution in [0.4, 0.5) is 0 Å². The number of carbonyl (C=O) groups is 2. The Morgan fingerprint density at radius 3 is 2.15 bits per heavy atom. The van der Waals surface area contributed by atoms with Crippen LogP contribution in [-0.2, 0) is 32.4 Å². The van der Waals surface area contributed by atoms with E-state index in [1.165, 1.54) is 24.3 Å². The van der Waals surface area contributed by atoms with E-state index >= 15 is 0 Å². The standard InChI is InChI=1S/C28H24N2O4/c31-27(33-29-19-23-13-7-11-21-9-1-3-15-25(21)23)17-5-6-18-28(32)34-30-20-24-14-8-12-22-10-2-4-16-26(22)24/h1-18,29-30H,19-20H2/q+2/b17-5+,18-6+. The normalized spacial score (nSPS) is 12.4. The second-order valence-electron chi connectivity index (χ2n) is 7.48. The maximum absolute atomic E-state index is 11.8. The minimum Gasteiger partial charge on any atom is -0.367 e. The molecule has 1 aliphatic carbocycles. The lowest BCUT2D eigenvalue weighted by molar-refractivity contribution is -0.146. The van der Waals surface area contributed by atoms with Gasteiger partial charge in [-0.05, 0) is 16.3 Å². The van der Waals surface area contributed by atoms with Gasteiger partial charge in [-0.2, -0.15) is 0 Å². The predicted octanol–water partition coefficient (Wildman–Crippen LogP) is 4.42. The molecule has 0 aliphatic heterocycles. The third-order valence-corrected chi connectivity index (χ3v) is 5.21.